The average molecular weight is 343 g/mol. The molecule has 134 valence electrons. The molecule has 1 saturated carbocycles. The van der Waals surface area contributed by atoms with Gasteiger partial charge in [0.15, 0.2) is 0 Å². The van der Waals surface area contributed by atoms with Crippen LogP contribution in [0.3, 0.4) is 0 Å². The number of nitrogens with zero attached hydrogens (tertiary/aromatic N) is 2. The predicted octanol–water partition coefficient (Wildman–Crippen LogP) is 3.12. The molecule has 1 aliphatic carbocycles. The van der Waals surface area contributed by atoms with E-state index in [0.717, 1.165) is 16.9 Å². The zero-order valence-electron chi connectivity index (χ0n) is 14.7. The number of aliphatic carboxylic acids is 1. The summed E-state index contributed by atoms with van der Waals surface area (Å²) in [5.74, 6) is -0.277. The number of carboxylic acids is 1. The van der Waals surface area contributed by atoms with E-state index in [-0.39, 0.29) is 23.8 Å². The molecule has 0 aliphatic heterocycles. The lowest BCUT2D eigenvalue weighted by Crippen LogP contribution is -2.34. The first-order valence-electron chi connectivity index (χ1n) is 8.93. The third-order valence-electron chi connectivity index (χ3n) is 5.05. The van der Waals surface area contributed by atoms with Crippen LogP contribution in [0, 0.1) is 11.8 Å². The number of nitrogens with one attached hydrogen (secondary N) is 1. The summed E-state index contributed by atoms with van der Waals surface area (Å²) in [6.45, 7) is 4.60. The Bertz CT molecular complexity index is 773. The van der Waals surface area contributed by atoms with Crippen LogP contribution in [0.25, 0.3) is 11.0 Å². The summed E-state index contributed by atoms with van der Waals surface area (Å²) in [6.07, 6.45) is 2.45. The predicted molar refractivity (Wildman–Crippen MR) is 95.0 cm³/mol. The number of amides is 1. The minimum Gasteiger partial charge on any atom is -0.481 e. The number of carboxylic acid groups (broad SMARTS) is 1. The van der Waals surface area contributed by atoms with E-state index in [0.29, 0.717) is 32.2 Å². The van der Waals surface area contributed by atoms with Crippen molar-refractivity contribution in [2.24, 2.45) is 11.8 Å². The maximum Gasteiger partial charge on any atom is 0.306 e. The molecule has 1 aromatic heterocycles. The topological polar surface area (TPSA) is 84.2 Å². The number of hydrogen-bond donors (Lipinski definition) is 2. The summed E-state index contributed by atoms with van der Waals surface area (Å²) in [7, 11) is 0. The molecule has 3 rings (SSSR count). The normalized spacial score (nSPS) is 20.8. The van der Waals surface area contributed by atoms with Gasteiger partial charge in [0.2, 0.25) is 5.91 Å². The fourth-order valence-electron chi connectivity index (χ4n) is 3.71. The van der Waals surface area contributed by atoms with Crippen LogP contribution in [-0.4, -0.2) is 26.5 Å². The minimum atomic E-state index is -0.746. The van der Waals surface area contributed by atoms with Crippen molar-refractivity contribution in [2.45, 2.75) is 52.1 Å². The smallest absolute Gasteiger partial charge is 0.306 e. The molecule has 0 atom stereocenters. The lowest BCUT2D eigenvalue weighted by Gasteiger charge is -2.25. The number of rotatable bonds is 5. The number of fused-ring (bicyclic) bond motifs is 1. The van der Waals surface area contributed by atoms with Gasteiger partial charge in [-0.25, -0.2) is 4.98 Å². The van der Waals surface area contributed by atoms with Crippen LogP contribution in [-0.2, 0) is 16.1 Å². The molecule has 0 radical (unpaired) electrons. The number of hydrogen-bond acceptors (Lipinski definition) is 3. The van der Waals surface area contributed by atoms with Crippen molar-refractivity contribution in [1.29, 1.82) is 0 Å². The lowest BCUT2D eigenvalue weighted by molar-refractivity contribution is -0.144. The molecule has 1 aliphatic rings. The van der Waals surface area contributed by atoms with Crippen molar-refractivity contribution in [2.75, 3.05) is 0 Å². The SMILES string of the molecule is CC(C)n1c(CNC(=O)C2CCC(C(=O)O)CC2)nc2ccccc21. The Kier molecular flexibility index (Phi) is 5.06. The summed E-state index contributed by atoms with van der Waals surface area (Å²) >= 11 is 0. The second-order valence-corrected chi connectivity index (χ2v) is 7.09. The van der Waals surface area contributed by atoms with Crippen molar-refractivity contribution in [3.63, 3.8) is 0 Å². The van der Waals surface area contributed by atoms with E-state index in [1.54, 1.807) is 0 Å². The first-order valence-corrected chi connectivity index (χ1v) is 8.93. The molecule has 25 heavy (non-hydrogen) atoms. The van der Waals surface area contributed by atoms with E-state index < -0.39 is 5.97 Å². The number of aromatic nitrogens is 2. The molecule has 1 aromatic carbocycles. The van der Waals surface area contributed by atoms with Gasteiger partial charge in [0, 0.05) is 12.0 Å². The van der Waals surface area contributed by atoms with Crippen molar-refractivity contribution in [3.05, 3.63) is 30.1 Å². The lowest BCUT2D eigenvalue weighted by atomic mass is 9.81. The molecule has 0 spiro atoms. The van der Waals surface area contributed by atoms with Crippen LogP contribution >= 0.6 is 0 Å². The third-order valence-corrected chi connectivity index (χ3v) is 5.05. The molecule has 0 unspecified atom stereocenters. The number of benzene rings is 1. The van der Waals surface area contributed by atoms with Crippen LogP contribution in [0.5, 0.6) is 0 Å². The molecule has 0 bridgehead atoms. The van der Waals surface area contributed by atoms with Gasteiger partial charge in [-0.05, 0) is 51.7 Å². The molecule has 1 fully saturated rings. The highest BCUT2D eigenvalue weighted by molar-refractivity contribution is 5.80. The molecule has 2 N–H and O–H groups in total. The Labute approximate surface area is 147 Å². The molecule has 2 aromatic rings. The monoisotopic (exact) mass is 343 g/mol. The Morgan fingerprint density at radius 3 is 2.48 bits per heavy atom. The molecule has 6 nitrogen and oxygen atoms in total. The molecule has 1 heterocycles. The Balaban J connectivity index is 1.66. The van der Waals surface area contributed by atoms with E-state index in [4.69, 9.17) is 5.11 Å². The van der Waals surface area contributed by atoms with E-state index >= 15 is 0 Å². The molecule has 0 saturated heterocycles. The highest BCUT2D eigenvalue weighted by atomic mass is 16.4. The molecular formula is C19H25N3O3. The zero-order valence-corrected chi connectivity index (χ0v) is 14.7. The third kappa shape index (κ3) is 3.67. The highest BCUT2D eigenvalue weighted by Gasteiger charge is 2.29. The second-order valence-electron chi connectivity index (χ2n) is 7.09. The van der Waals surface area contributed by atoms with Crippen molar-refractivity contribution in [1.82, 2.24) is 14.9 Å². The summed E-state index contributed by atoms with van der Waals surface area (Å²) in [6, 6.07) is 8.23. The van der Waals surface area contributed by atoms with Gasteiger partial charge in [-0.1, -0.05) is 12.1 Å². The average Bonchev–Trinajstić information content (AvgIpc) is 2.98. The Morgan fingerprint density at radius 2 is 1.84 bits per heavy atom. The second kappa shape index (κ2) is 7.25. The number of carbonyl (C=O) groups excluding carboxylic acids is 1. The van der Waals surface area contributed by atoms with Crippen LogP contribution < -0.4 is 5.32 Å². The van der Waals surface area contributed by atoms with E-state index in [2.05, 4.69) is 28.7 Å². The van der Waals surface area contributed by atoms with Crippen molar-refractivity contribution < 1.29 is 14.7 Å². The first-order chi connectivity index (χ1) is 12.0. The minimum absolute atomic E-state index is 0.00574. The molecule has 1 amide bonds. The number of para-hydroxylation sites is 2. The van der Waals surface area contributed by atoms with Gasteiger partial charge in [0.1, 0.15) is 5.82 Å². The molecule has 6 heteroatoms. The standard InChI is InChI=1S/C19H25N3O3/c1-12(2)22-16-6-4-3-5-15(16)21-17(22)11-20-18(23)13-7-9-14(10-8-13)19(24)25/h3-6,12-14H,7-11H2,1-2H3,(H,20,23)(H,24,25). The van der Waals surface area contributed by atoms with Crippen LogP contribution in [0.2, 0.25) is 0 Å². The summed E-state index contributed by atoms with van der Waals surface area (Å²) in [4.78, 5) is 28.1. The van der Waals surface area contributed by atoms with E-state index in [1.165, 1.54) is 0 Å². The van der Waals surface area contributed by atoms with Crippen molar-refractivity contribution >= 4 is 22.9 Å². The fourth-order valence-corrected chi connectivity index (χ4v) is 3.71. The maximum absolute atomic E-state index is 12.4. The van der Waals surface area contributed by atoms with Gasteiger partial charge in [-0.3, -0.25) is 9.59 Å². The van der Waals surface area contributed by atoms with Gasteiger partial charge >= 0.3 is 5.97 Å². The van der Waals surface area contributed by atoms with E-state index in [9.17, 15) is 9.59 Å². The van der Waals surface area contributed by atoms with Gasteiger partial charge in [0.25, 0.3) is 0 Å². The first kappa shape index (κ1) is 17.5. The van der Waals surface area contributed by atoms with Crippen LogP contribution in [0.15, 0.2) is 24.3 Å². The molecular weight excluding hydrogens is 318 g/mol. The quantitative estimate of drug-likeness (QED) is 0.873. The summed E-state index contributed by atoms with van der Waals surface area (Å²) in [5.41, 5.74) is 2.01. The largest absolute Gasteiger partial charge is 0.481 e. The zero-order chi connectivity index (χ0) is 18.0. The van der Waals surface area contributed by atoms with Crippen LogP contribution in [0.1, 0.15) is 51.4 Å². The summed E-state index contributed by atoms with van der Waals surface area (Å²) < 4.78 is 2.15. The maximum atomic E-state index is 12.4. The number of carbonyl (C=O) groups is 2. The summed E-state index contributed by atoms with van der Waals surface area (Å²) in [5, 5.41) is 12.1. The Morgan fingerprint density at radius 1 is 1.20 bits per heavy atom. The van der Waals surface area contributed by atoms with Crippen molar-refractivity contribution in [3.8, 4) is 0 Å². The number of imidazole rings is 1. The van der Waals surface area contributed by atoms with E-state index in [1.807, 2.05) is 24.3 Å². The van der Waals surface area contributed by atoms with Gasteiger partial charge in [-0.2, -0.15) is 0 Å². The highest BCUT2D eigenvalue weighted by Crippen LogP contribution is 2.29. The van der Waals surface area contributed by atoms with Gasteiger partial charge in [-0.15, -0.1) is 0 Å². The Hall–Kier alpha value is -2.37. The van der Waals surface area contributed by atoms with Gasteiger partial charge in [0.05, 0.1) is 23.5 Å². The van der Waals surface area contributed by atoms with Gasteiger partial charge < -0.3 is 15.0 Å². The van der Waals surface area contributed by atoms with Crippen LogP contribution in [0.4, 0.5) is 0 Å². The fraction of sp³-hybridized carbons (Fsp3) is 0.526.